The quantitative estimate of drug-likeness (QED) is 0.770. The maximum atomic E-state index is 9.51. The van der Waals surface area contributed by atoms with E-state index >= 15 is 0 Å². The van der Waals surface area contributed by atoms with Gasteiger partial charge in [0.1, 0.15) is 5.82 Å². The summed E-state index contributed by atoms with van der Waals surface area (Å²) in [5.41, 5.74) is 0. The van der Waals surface area contributed by atoms with Crippen LogP contribution in [0, 0.1) is 0 Å². The highest BCUT2D eigenvalue weighted by molar-refractivity contribution is 6.30. The van der Waals surface area contributed by atoms with Crippen molar-refractivity contribution in [1.82, 2.24) is 4.98 Å². The average molecular weight is 213 g/mol. The van der Waals surface area contributed by atoms with E-state index in [4.69, 9.17) is 11.6 Å². The molecule has 0 saturated carbocycles. The standard InChI is InChI=1S/C10H13ClN2O/c11-8-3-4-12-10(6-8)13-5-1-2-9(14)7-13/h3-4,6,9,14H,1-2,5,7H2. The number of hydrogen-bond donors (Lipinski definition) is 1. The van der Waals surface area contributed by atoms with Crippen molar-refractivity contribution in [3.05, 3.63) is 23.4 Å². The summed E-state index contributed by atoms with van der Waals surface area (Å²) in [5.74, 6) is 0.858. The van der Waals surface area contributed by atoms with Crippen molar-refractivity contribution in [2.75, 3.05) is 18.0 Å². The smallest absolute Gasteiger partial charge is 0.130 e. The molecule has 0 aliphatic carbocycles. The first-order chi connectivity index (χ1) is 6.75. The average Bonchev–Trinajstić information content (AvgIpc) is 2.18. The van der Waals surface area contributed by atoms with Crippen molar-refractivity contribution in [1.29, 1.82) is 0 Å². The first-order valence-electron chi connectivity index (χ1n) is 4.80. The van der Waals surface area contributed by atoms with E-state index in [9.17, 15) is 5.11 Å². The van der Waals surface area contributed by atoms with Crippen LogP contribution in [0.2, 0.25) is 5.02 Å². The Balaban J connectivity index is 2.14. The predicted molar refractivity (Wildman–Crippen MR) is 56.7 cm³/mol. The van der Waals surface area contributed by atoms with Gasteiger partial charge in [0, 0.05) is 24.3 Å². The van der Waals surface area contributed by atoms with Gasteiger partial charge in [-0.25, -0.2) is 4.98 Å². The highest BCUT2D eigenvalue weighted by Gasteiger charge is 2.18. The van der Waals surface area contributed by atoms with E-state index in [0.29, 0.717) is 11.6 Å². The van der Waals surface area contributed by atoms with Crippen molar-refractivity contribution >= 4 is 17.4 Å². The molecule has 0 aromatic carbocycles. The molecule has 2 heterocycles. The number of nitrogens with zero attached hydrogens (tertiary/aromatic N) is 2. The number of aromatic nitrogens is 1. The van der Waals surface area contributed by atoms with Gasteiger partial charge in [0.05, 0.1) is 6.10 Å². The lowest BCUT2D eigenvalue weighted by Crippen LogP contribution is -2.38. The van der Waals surface area contributed by atoms with Gasteiger partial charge in [-0.2, -0.15) is 0 Å². The second kappa shape index (κ2) is 4.15. The number of pyridine rings is 1. The van der Waals surface area contributed by atoms with Crippen molar-refractivity contribution in [2.24, 2.45) is 0 Å². The number of aliphatic hydroxyl groups excluding tert-OH is 1. The minimum atomic E-state index is -0.232. The van der Waals surface area contributed by atoms with Crippen molar-refractivity contribution in [3.8, 4) is 0 Å². The molecule has 0 spiro atoms. The molecule has 3 nitrogen and oxygen atoms in total. The van der Waals surface area contributed by atoms with Gasteiger partial charge >= 0.3 is 0 Å². The highest BCUT2D eigenvalue weighted by atomic mass is 35.5. The zero-order valence-electron chi connectivity index (χ0n) is 7.86. The lowest BCUT2D eigenvalue weighted by atomic mass is 10.1. The highest BCUT2D eigenvalue weighted by Crippen LogP contribution is 2.20. The van der Waals surface area contributed by atoms with Crippen LogP contribution in [0.5, 0.6) is 0 Å². The van der Waals surface area contributed by atoms with Crippen molar-refractivity contribution in [3.63, 3.8) is 0 Å². The zero-order valence-corrected chi connectivity index (χ0v) is 8.61. The van der Waals surface area contributed by atoms with E-state index < -0.39 is 0 Å². The molecular weight excluding hydrogens is 200 g/mol. The number of aliphatic hydroxyl groups is 1. The third-order valence-electron chi connectivity index (χ3n) is 2.43. The third-order valence-corrected chi connectivity index (χ3v) is 2.66. The fraction of sp³-hybridized carbons (Fsp3) is 0.500. The fourth-order valence-corrected chi connectivity index (χ4v) is 1.88. The van der Waals surface area contributed by atoms with Crippen LogP contribution in [-0.2, 0) is 0 Å². The van der Waals surface area contributed by atoms with Gasteiger partial charge in [-0.05, 0) is 25.0 Å². The number of piperidine rings is 1. The molecule has 0 bridgehead atoms. The Hall–Kier alpha value is -0.800. The van der Waals surface area contributed by atoms with E-state index in [1.54, 1.807) is 12.3 Å². The van der Waals surface area contributed by atoms with Gasteiger partial charge in [-0.15, -0.1) is 0 Å². The molecule has 1 unspecified atom stereocenters. The minimum Gasteiger partial charge on any atom is -0.391 e. The van der Waals surface area contributed by atoms with Gasteiger partial charge in [0.2, 0.25) is 0 Å². The summed E-state index contributed by atoms with van der Waals surface area (Å²) in [4.78, 5) is 6.30. The SMILES string of the molecule is OC1CCCN(c2cc(Cl)ccn2)C1. The van der Waals surface area contributed by atoms with Crippen LogP contribution in [0.1, 0.15) is 12.8 Å². The van der Waals surface area contributed by atoms with E-state index in [1.807, 2.05) is 6.07 Å². The summed E-state index contributed by atoms with van der Waals surface area (Å²) < 4.78 is 0. The van der Waals surface area contributed by atoms with Gasteiger partial charge in [-0.1, -0.05) is 11.6 Å². The number of rotatable bonds is 1. The lowest BCUT2D eigenvalue weighted by Gasteiger charge is -2.30. The Morgan fingerprint density at radius 3 is 3.14 bits per heavy atom. The van der Waals surface area contributed by atoms with Crippen LogP contribution >= 0.6 is 11.6 Å². The molecule has 1 aliphatic rings. The molecule has 0 radical (unpaired) electrons. The molecule has 0 amide bonds. The van der Waals surface area contributed by atoms with E-state index in [2.05, 4.69) is 9.88 Å². The molecule has 14 heavy (non-hydrogen) atoms. The number of halogens is 1. The summed E-state index contributed by atoms with van der Waals surface area (Å²) in [5, 5.41) is 10.2. The van der Waals surface area contributed by atoms with E-state index in [1.165, 1.54) is 0 Å². The normalized spacial score (nSPS) is 22.4. The summed E-state index contributed by atoms with van der Waals surface area (Å²) in [6.07, 6.45) is 3.36. The van der Waals surface area contributed by atoms with Crippen LogP contribution in [0.4, 0.5) is 5.82 Å². The van der Waals surface area contributed by atoms with Crippen LogP contribution in [0.15, 0.2) is 18.3 Å². The van der Waals surface area contributed by atoms with E-state index in [-0.39, 0.29) is 6.10 Å². The van der Waals surface area contributed by atoms with Crippen LogP contribution in [0.3, 0.4) is 0 Å². The summed E-state index contributed by atoms with van der Waals surface area (Å²) >= 11 is 5.87. The van der Waals surface area contributed by atoms with Crippen LogP contribution in [0.25, 0.3) is 0 Å². The van der Waals surface area contributed by atoms with Crippen molar-refractivity contribution in [2.45, 2.75) is 18.9 Å². The molecule has 1 saturated heterocycles. The molecule has 1 fully saturated rings. The topological polar surface area (TPSA) is 36.4 Å². The van der Waals surface area contributed by atoms with Gasteiger partial charge in [0.15, 0.2) is 0 Å². The summed E-state index contributed by atoms with van der Waals surface area (Å²) in [6, 6.07) is 3.59. The Morgan fingerprint density at radius 1 is 1.57 bits per heavy atom. The second-order valence-corrected chi connectivity index (χ2v) is 4.01. The first-order valence-corrected chi connectivity index (χ1v) is 5.18. The lowest BCUT2D eigenvalue weighted by molar-refractivity contribution is 0.154. The molecule has 1 N–H and O–H groups in total. The van der Waals surface area contributed by atoms with Gasteiger partial charge < -0.3 is 10.0 Å². The zero-order chi connectivity index (χ0) is 9.97. The summed E-state index contributed by atoms with van der Waals surface area (Å²) in [6.45, 7) is 1.61. The number of β-amino-alcohol motifs (C(OH)–C–C–N with tert-alkyl or cyclic N) is 1. The Kier molecular flexibility index (Phi) is 2.89. The molecule has 1 aromatic heterocycles. The molecule has 76 valence electrons. The Morgan fingerprint density at radius 2 is 2.43 bits per heavy atom. The largest absolute Gasteiger partial charge is 0.391 e. The van der Waals surface area contributed by atoms with Gasteiger partial charge in [-0.3, -0.25) is 0 Å². The van der Waals surface area contributed by atoms with E-state index in [0.717, 1.165) is 25.2 Å². The Bertz CT molecular complexity index is 319. The van der Waals surface area contributed by atoms with Crippen LogP contribution in [-0.4, -0.2) is 29.3 Å². The third kappa shape index (κ3) is 2.16. The number of anilines is 1. The monoisotopic (exact) mass is 212 g/mol. The molecular formula is C10H13ClN2O. The predicted octanol–water partition coefficient (Wildman–Crippen LogP) is 1.70. The first kappa shape index (κ1) is 9.74. The minimum absolute atomic E-state index is 0.232. The van der Waals surface area contributed by atoms with Gasteiger partial charge in [0.25, 0.3) is 0 Å². The maximum absolute atomic E-state index is 9.51. The van der Waals surface area contributed by atoms with Crippen LogP contribution < -0.4 is 4.90 Å². The van der Waals surface area contributed by atoms with Crippen molar-refractivity contribution < 1.29 is 5.11 Å². The summed E-state index contributed by atoms with van der Waals surface area (Å²) in [7, 11) is 0. The molecule has 4 heteroatoms. The fourth-order valence-electron chi connectivity index (χ4n) is 1.73. The molecule has 1 atom stereocenters. The molecule has 1 aromatic rings. The maximum Gasteiger partial charge on any atom is 0.130 e. The Labute approximate surface area is 88.3 Å². The second-order valence-electron chi connectivity index (χ2n) is 3.57. The molecule has 1 aliphatic heterocycles. The molecule has 2 rings (SSSR count). The number of hydrogen-bond acceptors (Lipinski definition) is 3.